The number of para-hydroxylation sites is 1. The SMILES string of the molecule is C[C@@H](NCC1COCCN1c1ccccc1)c1cccc2ccccc12. The summed E-state index contributed by atoms with van der Waals surface area (Å²) in [6.07, 6.45) is 0. The second-order valence-corrected chi connectivity index (χ2v) is 6.96. The second kappa shape index (κ2) is 7.90. The highest BCUT2D eigenvalue weighted by Crippen LogP contribution is 2.25. The first-order chi connectivity index (χ1) is 12.8. The first-order valence-corrected chi connectivity index (χ1v) is 9.43. The molecule has 1 aliphatic rings. The third-order valence-electron chi connectivity index (χ3n) is 5.26. The summed E-state index contributed by atoms with van der Waals surface area (Å²) in [5, 5.41) is 6.36. The number of rotatable bonds is 5. The van der Waals surface area contributed by atoms with Crippen molar-refractivity contribution in [1.29, 1.82) is 0 Å². The standard InChI is InChI=1S/C23H26N2O/c1-18(22-13-7-9-19-8-5-6-12-23(19)22)24-16-21-17-26-15-14-25(21)20-10-3-2-4-11-20/h2-13,18,21,24H,14-17H2,1H3/t18-,21?/m1/s1. The van der Waals surface area contributed by atoms with Crippen LogP contribution in [0.3, 0.4) is 0 Å². The van der Waals surface area contributed by atoms with Crippen molar-refractivity contribution in [2.24, 2.45) is 0 Å². The Morgan fingerprint density at radius 1 is 1.00 bits per heavy atom. The topological polar surface area (TPSA) is 24.5 Å². The van der Waals surface area contributed by atoms with Gasteiger partial charge in [-0.15, -0.1) is 0 Å². The summed E-state index contributed by atoms with van der Waals surface area (Å²) in [5.74, 6) is 0. The molecule has 1 fully saturated rings. The lowest BCUT2D eigenvalue weighted by Crippen LogP contribution is -2.50. The Balaban J connectivity index is 1.48. The minimum atomic E-state index is 0.292. The Bertz CT molecular complexity index is 844. The third kappa shape index (κ3) is 3.59. The maximum atomic E-state index is 5.76. The van der Waals surface area contributed by atoms with E-state index < -0.39 is 0 Å². The Hall–Kier alpha value is -2.36. The molecule has 1 saturated heterocycles. The van der Waals surface area contributed by atoms with E-state index in [1.165, 1.54) is 22.0 Å². The number of ether oxygens (including phenoxy) is 1. The molecule has 0 aromatic heterocycles. The molecule has 1 heterocycles. The molecule has 0 bridgehead atoms. The zero-order valence-electron chi connectivity index (χ0n) is 15.3. The van der Waals surface area contributed by atoms with Crippen LogP contribution in [0, 0.1) is 0 Å². The number of fused-ring (bicyclic) bond motifs is 1. The molecule has 0 aliphatic carbocycles. The molecule has 1 aliphatic heterocycles. The molecule has 3 aromatic carbocycles. The largest absolute Gasteiger partial charge is 0.377 e. The van der Waals surface area contributed by atoms with E-state index in [4.69, 9.17) is 4.74 Å². The molecular formula is C23H26N2O. The van der Waals surface area contributed by atoms with Gasteiger partial charge in [0.1, 0.15) is 0 Å². The first kappa shape index (κ1) is 17.1. The van der Waals surface area contributed by atoms with Crippen molar-refractivity contribution in [2.75, 3.05) is 31.2 Å². The van der Waals surface area contributed by atoms with Crippen LogP contribution in [0.25, 0.3) is 10.8 Å². The van der Waals surface area contributed by atoms with Gasteiger partial charge in [0, 0.05) is 24.8 Å². The Kier molecular flexibility index (Phi) is 5.19. The van der Waals surface area contributed by atoms with Gasteiger partial charge in [0.15, 0.2) is 0 Å². The van der Waals surface area contributed by atoms with Crippen molar-refractivity contribution < 1.29 is 4.74 Å². The summed E-state index contributed by atoms with van der Waals surface area (Å²) in [4.78, 5) is 2.46. The van der Waals surface area contributed by atoms with Crippen molar-refractivity contribution >= 4 is 16.5 Å². The molecule has 1 N–H and O–H groups in total. The van der Waals surface area contributed by atoms with E-state index in [-0.39, 0.29) is 0 Å². The fraction of sp³-hybridized carbons (Fsp3) is 0.304. The van der Waals surface area contributed by atoms with Gasteiger partial charge in [-0.3, -0.25) is 0 Å². The fourth-order valence-corrected chi connectivity index (χ4v) is 3.83. The summed E-state index contributed by atoms with van der Waals surface area (Å²) < 4.78 is 5.76. The van der Waals surface area contributed by atoms with Gasteiger partial charge in [-0.2, -0.15) is 0 Å². The van der Waals surface area contributed by atoms with Crippen molar-refractivity contribution in [3.8, 4) is 0 Å². The Morgan fingerprint density at radius 3 is 2.65 bits per heavy atom. The summed E-state index contributed by atoms with van der Waals surface area (Å²) in [6.45, 7) is 5.66. The normalized spacial score (nSPS) is 18.8. The van der Waals surface area contributed by atoms with E-state index in [2.05, 4.69) is 89.9 Å². The molecule has 0 radical (unpaired) electrons. The lowest BCUT2D eigenvalue weighted by Gasteiger charge is -2.38. The van der Waals surface area contributed by atoms with Crippen molar-refractivity contribution in [3.63, 3.8) is 0 Å². The van der Waals surface area contributed by atoms with E-state index in [9.17, 15) is 0 Å². The molecule has 0 spiro atoms. The number of hydrogen-bond donors (Lipinski definition) is 1. The molecule has 26 heavy (non-hydrogen) atoms. The molecular weight excluding hydrogens is 320 g/mol. The zero-order valence-corrected chi connectivity index (χ0v) is 15.3. The lowest BCUT2D eigenvalue weighted by atomic mass is 9.99. The van der Waals surface area contributed by atoms with Crippen molar-refractivity contribution in [1.82, 2.24) is 5.32 Å². The molecule has 0 amide bonds. The van der Waals surface area contributed by atoms with Gasteiger partial charge in [-0.1, -0.05) is 60.7 Å². The van der Waals surface area contributed by atoms with Gasteiger partial charge >= 0.3 is 0 Å². The highest BCUT2D eigenvalue weighted by Gasteiger charge is 2.23. The predicted molar refractivity (Wildman–Crippen MR) is 109 cm³/mol. The van der Waals surface area contributed by atoms with Gasteiger partial charge in [0.2, 0.25) is 0 Å². The number of morpholine rings is 1. The quantitative estimate of drug-likeness (QED) is 0.741. The van der Waals surface area contributed by atoms with E-state index in [0.29, 0.717) is 12.1 Å². The molecule has 134 valence electrons. The van der Waals surface area contributed by atoms with Gasteiger partial charge in [0.05, 0.1) is 19.3 Å². The highest BCUT2D eigenvalue weighted by molar-refractivity contribution is 5.86. The maximum Gasteiger partial charge on any atom is 0.0683 e. The number of benzene rings is 3. The van der Waals surface area contributed by atoms with E-state index in [1.54, 1.807) is 0 Å². The van der Waals surface area contributed by atoms with Crippen LogP contribution >= 0.6 is 0 Å². The second-order valence-electron chi connectivity index (χ2n) is 6.96. The van der Waals surface area contributed by atoms with Gasteiger partial charge < -0.3 is 15.0 Å². The predicted octanol–water partition coefficient (Wildman–Crippen LogP) is 4.40. The summed E-state index contributed by atoms with van der Waals surface area (Å²) in [7, 11) is 0. The Labute approximate surface area is 155 Å². The summed E-state index contributed by atoms with van der Waals surface area (Å²) in [6, 6.07) is 26.5. The third-order valence-corrected chi connectivity index (χ3v) is 5.26. The van der Waals surface area contributed by atoms with Crippen LogP contribution in [0.15, 0.2) is 72.8 Å². The van der Waals surface area contributed by atoms with Crippen LogP contribution in [0.2, 0.25) is 0 Å². The molecule has 4 rings (SSSR count). The van der Waals surface area contributed by atoms with E-state index >= 15 is 0 Å². The molecule has 3 nitrogen and oxygen atoms in total. The monoisotopic (exact) mass is 346 g/mol. The van der Waals surface area contributed by atoms with E-state index in [1.807, 2.05) is 0 Å². The first-order valence-electron chi connectivity index (χ1n) is 9.43. The van der Waals surface area contributed by atoms with Crippen LogP contribution in [0.5, 0.6) is 0 Å². The van der Waals surface area contributed by atoms with Crippen LogP contribution in [-0.2, 0) is 4.74 Å². The number of hydrogen-bond acceptors (Lipinski definition) is 3. The number of anilines is 1. The van der Waals surface area contributed by atoms with Crippen LogP contribution in [0.4, 0.5) is 5.69 Å². The average Bonchev–Trinajstić information content (AvgIpc) is 2.72. The average molecular weight is 346 g/mol. The summed E-state index contributed by atoms with van der Waals surface area (Å²) >= 11 is 0. The van der Waals surface area contributed by atoms with Gasteiger partial charge in [-0.25, -0.2) is 0 Å². The van der Waals surface area contributed by atoms with E-state index in [0.717, 1.165) is 26.3 Å². The highest BCUT2D eigenvalue weighted by atomic mass is 16.5. The van der Waals surface area contributed by atoms with Crippen LogP contribution in [-0.4, -0.2) is 32.3 Å². The van der Waals surface area contributed by atoms with Gasteiger partial charge in [0.25, 0.3) is 0 Å². The molecule has 3 heteroatoms. The smallest absolute Gasteiger partial charge is 0.0683 e. The summed E-state index contributed by atoms with van der Waals surface area (Å²) in [5.41, 5.74) is 2.63. The molecule has 2 atom stereocenters. The maximum absolute atomic E-state index is 5.76. The van der Waals surface area contributed by atoms with Gasteiger partial charge in [-0.05, 0) is 35.4 Å². The minimum Gasteiger partial charge on any atom is -0.377 e. The van der Waals surface area contributed by atoms with Crippen molar-refractivity contribution in [2.45, 2.75) is 19.0 Å². The zero-order chi connectivity index (χ0) is 17.8. The Morgan fingerprint density at radius 2 is 1.77 bits per heavy atom. The van der Waals surface area contributed by atoms with Crippen LogP contribution in [0.1, 0.15) is 18.5 Å². The molecule has 3 aromatic rings. The minimum absolute atomic E-state index is 0.292. The molecule has 0 saturated carbocycles. The van der Waals surface area contributed by atoms with Crippen LogP contribution < -0.4 is 10.2 Å². The number of nitrogens with one attached hydrogen (secondary N) is 1. The fourth-order valence-electron chi connectivity index (χ4n) is 3.83. The van der Waals surface area contributed by atoms with Crippen molar-refractivity contribution in [3.05, 3.63) is 78.4 Å². The molecule has 1 unspecified atom stereocenters. The number of nitrogens with zero attached hydrogens (tertiary/aromatic N) is 1. The lowest BCUT2D eigenvalue weighted by molar-refractivity contribution is 0.0930.